The summed E-state index contributed by atoms with van der Waals surface area (Å²) < 4.78 is 41.2. The van der Waals surface area contributed by atoms with Crippen molar-refractivity contribution in [2.75, 3.05) is 49.1 Å². The summed E-state index contributed by atoms with van der Waals surface area (Å²) in [6, 6.07) is 19.6. The van der Waals surface area contributed by atoms with Gasteiger partial charge in [-0.15, -0.1) is 0 Å². The molecule has 0 bridgehead atoms. The highest BCUT2D eigenvalue weighted by Crippen LogP contribution is 2.53. The first-order chi connectivity index (χ1) is 23.6. The molecule has 2 aliphatic heterocycles. The number of methoxy groups -OCH3 is 1. The van der Waals surface area contributed by atoms with Crippen molar-refractivity contribution in [3.63, 3.8) is 0 Å². The van der Waals surface area contributed by atoms with Gasteiger partial charge in [0.25, 0.3) is 15.9 Å². The number of hydrogen-bond acceptors (Lipinski definition) is 10. The van der Waals surface area contributed by atoms with Gasteiger partial charge in [0.05, 0.1) is 37.2 Å². The normalized spacial score (nSPS) is 18.0. The number of fused-ring (bicyclic) bond motifs is 1. The third kappa shape index (κ3) is 5.77. The molecule has 0 N–H and O–H groups in total. The van der Waals surface area contributed by atoms with Gasteiger partial charge in [-0.25, -0.2) is 4.98 Å². The third-order valence-corrected chi connectivity index (χ3v) is 10.9. The van der Waals surface area contributed by atoms with Crippen LogP contribution in [0.5, 0.6) is 11.5 Å². The molecule has 1 unspecified atom stereocenters. The van der Waals surface area contributed by atoms with Crippen molar-refractivity contribution in [3.05, 3.63) is 101 Å². The van der Waals surface area contributed by atoms with Gasteiger partial charge in [-0.3, -0.25) is 14.7 Å². The van der Waals surface area contributed by atoms with Crippen molar-refractivity contribution >= 4 is 27.3 Å². The van der Waals surface area contributed by atoms with Gasteiger partial charge >= 0.3 is 0 Å². The number of sulfonamides is 1. The van der Waals surface area contributed by atoms with Crippen LogP contribution in [-0.2, 0) is 26.8 Å². The van der Waals surface area contributed by atoms with E-state index in [2.05, 4.69) is 40.9 Å². The highest BCUT2D eigenvalue weighted by molar-refractivity contribution is 7.93. The van der Waals surface area contributed by atoms with E-state index in [-0.39, 0.29) is 16.6 Å². The lowest BCUT2D eigenvalue weighted by atomic mass is 9.79. The largest absolute Gasteiger partial charge is 0.495 e. The molecule has 6 rings (SSSR count). The number of pyridine rings is 2. The van der Waals surface area contributed by atoms with Crippen LogP contribution in [0.3, 0.4) is 0 Å². The molecule has 0 spiro atoms. The highest BCUT2D eigenvalue weighted by Gasteiger charge is 2.61. The Kier molecular flexibility index (Phi) is 9.33. The number of hydrogen-bond donors (Lipinski definition) is 0. The molecule has 2 aromatic carbocycles. The zero-order valence-electron chi connectivity index (χ0n) is 28.4. The monoisotopic (exact) mass is 680 g/mol. The van der Waals surface area contributed by atoms with Crippen LogP contribution in [0.25, 0.3) is 0 Å². The lowest BCUT2D eigenvalue weighted by Crippen LogP contribution is -2.60. The number of aryl methyl sites for hydroxylation is 1. The summed E-state index contributed by atoms with van der Waals surface area (Å²) in [6.07, 6.45) is 3.81. The minimum atomic E-state index is -4.52. The maximum Gasteiger partial charge on any atom is 0.288 e. The van der Waals surface area contributed by atoms with E-state index in [9.17, 15) is 13.7 Å². The lowest BCUT2D eigenvalue weighted by Gasteiger charge is -2.46. The second kappa shape index (κ2) is 13.5. The van der Waals surface area contributed by atoms with Crippen molar-refractivity contribution in [1.29, 1.82) is 5.26 Å². The maximum atomic E-state index is 15.4. The Morgan fingerprint density at radius 3 is 2.37 bits per heavy atom. The molecule has 0 radical (unpaired) electrons. The Morgan fingerprint density at radius 2 is 1.73 bits per heavy atom. The number of anilines is 2. The van der Waals surface area contributed by atoms with Crippen LogP contribution in [0.15, 0.2) is 78.1 Å². The number of carbonyl (C=O) groups is 1. The molecule has 12 heteroatoms. The second-order valence-corrected chi connectivity index (χ2v) is 14.1. The third-order valence-electron chi connectivity index (χ3n) is 9.29. The molecule has 1 amide bonds. The molecule has 1 fully saturated rings. The molecular formula is C37H40N6O5S. The second-order valence-electron chi connectivity index (χ2n) is 12.3. The van der Waals surface area contributed by atoms with Gasteiger partial charge in [-0.05, 0) is 79.4 Å². The van der Waals surface area contributed by atoms with E-state index in [0.717, 1.165) is 21.2 Å². The minimum Gasteiger partial charge on any atom is -0.495 e. The predicted molar refractivity (Wildman–Crippen MR) is 186 cm³/mol. The van der Waals surface area contributed by atoms with Crippen LogP contribution in [0.2, 0.25) is 0 Å². The molecule has 1 atom stereocenters. The Labute approximate surface area is 287 Å². The number of aromatic nitrogens is 2. The summed E-state index contributed by atoms with van der Waals surface area (Å²) in [6.45, 7) is 10.4. The Balaban J connectivity index is 1.56. The topological polar surface area (TPSA) is 129 Å². The molecule has 2 aromatic heterocycles. The fraction of sp³-hybridized carbons (Fsp3) is 0.351. The summed E-state index contributed by atoms with van der Waals surface area (Å²) in [7, 11) is -3.06. The number of nitrogens with zero attached hydrogens (tertiary/aromatic N) is 6. The first kappa shape index (κ1) is 33.9. The van der Waals surface area contributed by atoms with Crippen LogP contribution in [0.1, 0.15) is 61.6 Å². The van der Waals surface area contributed by atoms with Gasteiger partial charge in [-0.1, -0.05) is 26.8 Å². The molecule has 254 valence electrons. The van der Waals surface area contributed by atoms with Crippen LogP contribution in [0, 0.1) is 11.3 Å². The van der Waals surface area contributed by atoms with E-state index in [0.29, 0.717) is 67.4 Å². The fourth-order valence-electron chi connectivity index (χ4n) is 6.76. The fourth-order valence-corrected chi connectivity index (χ4v) is 8.14. The molecule has 4 heterocycles. The molecule has 0 aliphatic carbocycles. The first-order valence-electron chi connectivity index (χ1n) is 16.5. The van der Waals surface area contributed by atoms with Crippen molar-refractivity contribution in [2.45, 2.75) is 50.6 Å². The molecule has 11 nitrogen and oxygen atoms in total. The van der Waals surface area contributed by atoms with Gasteiger partial charge < -0.3 is 14.4 Å². The molecule has 49 heavy (non-hydrogen) atoms. The Morgan fingerprint density at radius 1 is 0.959 bits per heavy atom. The van der Waals surface area contributed by atoms with E-state index in [1.807, 2.05) is 49.2 Å². The van der Waals surface area contributed by atoms with Crippen molar-refractivity contribution in [2.24, 2.45) is 0 Å². The van der Waals surface area contributed by atoms with E-state index in [1.54, 1.807) is 12.1 Å². The Hall–Kier alpha value is -4.99. The number of rotatable bonds is 10. The summed E-state index contributed by atoms with van der Waals surface area (Å²) in [5.74, 6) is 0.443. The lowest BCUT2D eigenvalue weighted by molar-refractivity contribution is -0.127. The first-order valence-corrected chi connectivity index (χ1v) is 17.9. The van der Waals surface area contributed by atoms with E-state index in [1.165, 1.54) is 31.5 Å². The number of carbonyl (C=O) groups excluding carboxylic acids is 1. The summed E-state index contributed by atoms with van der Waals surface area (Å²) >= 11 is 0. The molecule has 2 aliphatic rings. The maximum absolute atomic E-state index is 15.4. The average Bonchev–Trinajstić information content (AvgIpc) is 3.40. The van der Waals surface area contributed by atoms with Crippen LogP contribution in [0.4, 0.5) is 11.4 Å². The molecule has 0 saturated carbocycles. The van der Waals surface area contributed by atoms with Gasteiger partial charge in [-0.2, -0.15) is 18.0 Å². The Bertz CT molecular complexity index is 2020. The van der Waals surface area contributed by atoms with Gasteiger partial charge in [0.15, 0.2) is 10.6 Å². The van der Waals surface area contributed by atoms with E-state index in [4.69, 9.17) is 9.47 Å². The SMILES string of the molecule is CCOc1ccc(CC)cc1C1(N2CCN(c3ccnc(C(C)C)c3)CC2)C(=O)N(S(=O)(=O)c2ccc(OC)cn2)c2ccc(C#N)cc21. The standard InChI is InChI=1S/C37H40N6O5S/c1-6-26-9-12-34(48-7-2)31(20-26)37(42-18-16-41(17-19-42)28-14-15-39-32(22-28)25(3)4)30-21-27(23-38)8-11-33(30)43(36(37)44)49(45,46)35-13-10-29(47-5)24-40-35/h8-15,20-22,24-25H,6-7,16-19H2,1-5H3. The van der Waals surface area contributed by atoms with E-state index < -0.39 is 21.5 Å². The minimum absolute atomic E-state index is 0.170. The van der Waals surface area contributed by atoms with Gasteiger partial charge in [0.1, 0.15) is 11.5 Å². The molecule has 1 saturated heterocycles. The van der Waals surface area contributed by atoms with Gasteiger partial charge in [0, 0.05) is 54.9 Å². The van der Waals surface area contributed by atoms with Crippen molar-refractivity contribution < 1.29 is 22.7 Å². The summed E-state index contributed by atoms with van der Waals surface area (Å²) in [4.78, 5) is 28.4. The smallest absolute Gasteiger partial charge is 0.288 e. The molecular weight excluding hydrogens is 641 g/mol. The highest BCUT2D eigenvalue weighted by atomic mass is 32.2. The van der Waals surface area contributed by atoms with Crippen LogP contribution < -0.4 is 18.7 Å². The number of piperazine rings is 1. The van der Waals surface area contributed by atoms with E-state index >= 15 is 4.79 Å². The number of amides is 1. The average molecular weight is 681 g/mol. The van der Waals surface area contributed by atoms with Crippen LogP contribution >= 0.6 is 0 Å². The van der Waals surface area contributed by atoms with Gasteiger partial charge in [0.2, 0.25) is 0 Å². The van der Waals surface area contributed by atoms with Crippen molar-refractivity contribution in [3.8, 4) is 17.6 Å². The summed E-state index contributed by atoms with van der Waals surface area (Å²) in [5.41, 5.74) is 2.77. The number of ether oxygens (including phenoxy) is 2. The predicted octanol–water partition coefficient (Wildman–Crippen LogP) is 5.24. The quantitative estimate of drug-likeness (QED) is 0.219. The summed E-state index contributed by atoms with van der Waals surface area (Å²) in [5, 5.41) is 9.74. The number of benzene rings is 2. The molecule has 4 aromatic rings. The number of nitriles is 1. The zero-order valence-corrected chi connectivity index (χ0v) is 29.2. The van der Waals surface area contributed by atoms with Crippen molar-refractivity contribution in [1.82, 2.24) is 14.9 Å². The van der Waals surface area contributed by atoms with Crippen LogP contribution in [-0.4, -0.2) is 69.1 Å². The zero-order chi connectivity index (χ0) is 34.9.